The number of hydrogen-bond donors (Lipinski definition) is 2. The molecule has 126 valence electrons. The van der Waals surface area contributed by atoms with Crippen LogP contribution in [0.25, 0.3) is 0 Å². The lowest BCUT2D eigenvalue weighted by molar-refractivity contribution is 0.305. The van der Waals surface area contributed by atoms with Gasteiger partial charge in [-0.15, -0.1) is 0 Å². The third kappa shape index (κ3) is 3.13. The highest BCUT2D eigenvalue weighted by Gasteiger charge is 2.40. The molecule has 0 amide bonds. The smallest absolute Gasteiger partial charge is 0.170 e. The molecule has 0 unspecified atom stereocenters. The van der Waals surface area contributed by atoms with Crippen LogP contribution in [0.5, 0.6) is 0 Å². The molecule has 1 aliphatic rings. The molecule has 6 heteroatoms. The third-order valence-electron chi connectivity index (χ3n) is 4.45. The van der Waals surface area contributed by atoms with Crippen LogP contribution in [0.3, 0.4) is 0 Å². The minimum absolute atomic E-state index is 0.00317. The van der Waals surface area contributed by atoms with E-state index in [9.17, 15) is 0 Å². The zero-order chi connectivity index (χ0) is 17.2. The summed E-state index contributed by atoms with van der Waals surface area (Å²) in [5, 5.41) is 4.19. The molecule has 1 saturated heterocycles. The SMILES string of the molecule is Cc1ccc([C@H]2[C@H](c3ccccn3)NC(=S)N2Cc2cccnc2)[nH]1. The van der Waals surface area contributed by atoms with Crippen molar-refractivity contribution in [2.24, 2.45) is 0 Å². The van der Waals surface area contributed by atoms with Crippen LogP contribution in [-0.4, -0.2) is 25.0 Å². The van der Waals surface area contributed by atoms with Crippen LogP contribution in [0.15, 0.2) is 61.1 Å². The van der Waals surface area contributed by atoms with E-state index in [2.05, 4.69) is 50.3 Å². The van der Waals surface area contributed by atoms with Crippen LogP contribution in [0.4, 0.5) is 0 Å². The van der Waals surface area contributed by atoms with Crippen molar-refractivity contribution in [2.75, 3.05) is 0 Å². The number of nitrogens with one attached hydrogen (secondary N) is 2. The van der Waals surface area contributed by atoms with Crippen LogP contribution in [0.2, 0.25) is 0 Å². The van der Waals surface area contributed by atoms with Crippen molar-refractivity contribution in [2.45, 2.75) is 25.6 Å². The first-order chi connectivity index (χ1) is 12.2. The van der Waals surface area contributed by atoms with E-state index >= 15 is 0 Å². The Bertz CT molecular complexity index is 862. The van der Waals surface area contributed by atoms with Gasteiger partial charge in [0.15, 0.2) is 5.11 Å². The van der Waals surface area contributed by atoms with E-state index in [1.54, 1.807) is 6.20 Å². The van der Waals surface area contributed by atoms with Crippen molar-refractivity contribution in [3.63, 3.8) is 0 Å². The quantitative estimate of drug-likeness (QED) is 0.708. The second-order valence-corrected chi connectivity index (χ2v) is 6.60. The first-order valence-electron chi connectivity index (χ1n) is 8.25. The summed E-state index contributed by atoms with van der Waals surface area (Å²) < 4.78 is 0. The zero-order valence-electron chi connectivity index (χ0n) is 13.9. The lowest BCUT2D eigenvalue weighted by Gasteiger charge is -2.27. The normalized spacial score (nSPS) is 19.9. The number of aromatic nitrogens is 3. The maximum absolute atomic E-state index is 5.65. The Balaban J connectivity index is 1.72. The minimum atomic E-state index is 0.00317. The summed E-state index contributed by atoms with van der Waals surface area (Å²) in [6, 6.07) is 14.3. The Hall–Kier alpha value is -2.73. The molecule has 4 heterocycles. The Labute approximate surface area is 152 Å². The van der Waals surface area contributed by atoms with Crippen LogP contribution in [0.1, 0.15) is 34.7 Å². The van der Waals surface area contributed by atoms with Gasteiger partial charge in [-0.2, -0.15) is 0 Å². The van der Waals surface area contributed by atoms with E-state index < -0.39 is 0 Å². The average molecular weight is 349 g/mol. The van der Waals surface area contributed by atoms with Crippen molar-refractivity contribution in [1.82, 2.24) is 25.2 Å². The summed E-state index contributed by atoms with van der Waals surface area (Å²) in [4.78, 5) is 14.4. The molecule has 4 rings (SSSR count). The lowest BCUT2D eigenvalue weighted by atomic mass is 10.0. The predicted octanol–water partition coefficient (Wildman–Crippen LogP) is 3.29. The van der Waals surface area contributed by atoms with Gasteiger partial charge in [-0.3, -0.25) is 9.97 Å². The number of nitrogens with zero attached hydrogens (tertiary/aromatic N) is 3. The molecule has 3 aromatic rings. The number of thiocarbonyl (C=S) groups is 1. The van der Waals surface area contributed by atoms with Crippen LogP contribution in [0, 0.1) is 6.92 Å². The van der Waals surface area contributed by atoms with Crippen LogP contribution < -0.4 is 5.32 Å². The molecule has 5 nitrogen and oxygen atoms in total. The highest BCUT2D eigenvalue weighted by atomic mass is 32.1. The first kappa shape index (κ1) is 15.8. The second-order valence-electron chi connectivity index (χ2n) is 6.21. The molecule has 0 bridgehead atoms. The van der Waals surface area contributed by atoms with E-state index in [1.165, 1.54) is 0 Å². The monoisotopic (exact) mass is 349 g/mol. The van der Waals surface area contributed by atoms with Gasteiger partial charge >= 0.3 is 0 Å². The standard InChI is InChI=1S/C19H19N5S/c1-13-7-8-16(22-13)18-17(15-6-2-3-10-21-15)23-19(25)24(18)12-14-5-4-9-20-11-14/h2-11,17-18,22H,12H2,1H3,(H,23,25)/t17-,18-/m0/s1. The van der Waals surface area contributed by atoms with Gasteiger partial charge in [0.1, 0.15) is 0 Å². The molecular formula is C19H19N5S. The highest BCUT2D eigenvalue weighted by molar-refractivity contribution is 7.80. The number of H-pyrrole nitrogens is 1. The molecule has 3 aromatic heterocycles. The van der Waals surface area contributed by atoms with Crippen molar-refractivity contribution >= 4 is 17.3 Å². The molecule has 1 fully saturated rings. The molecule has 0 spiro atoms. The van der Waals surface area contributed by atoms with Gasteiger partial charge in [0.2, 0.25) is 0 Å². The van der Waals surface area contributed by atoms with E-state index in [0.717, 1.165) is 27.8 Å². The fourth-order valence-corrected chi connectivity index (χ4v) is 3.61. The first-order valence-corrected chi connectivity index (χ1v) is 8.65. The Morgan fingerprint density at radius 2 is 2.04 bits per heavy atom. The number of hydrogen-bond acceptors (Lipinski definition) is 3. The molecule has 2 N–H and O–H groups in total. The van der Waals surface area contributed by atoms with Crippen molar-refractivity contribution in [1.29, 1.82) is 0 Å². The molecule has 2 atom stereocenters. The van der Waals surface area contributed by atoms with E-state index in [4.69, 9.17) is 12.2 Å². The summed E-state index contributed by atoms with van der Waals surface area (Å²) in [5.74, 6) is 0. The van der Waals surface area contributed by atoms with Gasteiger partial charge in [-0.1, -0.05) is 12.1 Å². The largest absolute Gasteiger partial charge is 0.361 e. The molecule has 0 aliphatic carbocycles. The van der Waals surface area contributed by atoms with Gasteiger partial charge < -0.3 is 15.2 Å². The molecule has 0 saturated carbocycles. The zero-order valence-corrected chi connectivity index (χ0v) is 14.7. The number of aryl methyl sites for hydroxylation is 1. The molecule has 0 aromatic carbocycles. The summed E-state index contributed by atoms with van der Waals surface area (Å²) in [6.45, 7) is 2.76. The van der Waals surface area contributed by atoms with E-state index in [-0.39, 0.29) is 12.1 Å². The van der Waals surface area contributed by atoms with Crippen LogP contribution >= 0.6 is 12.2 Å². The topological polar surface area (TPSA) is 56.8 Å². The Kier molecular flexibility index (Phi) is 4.19. The van der Waals surface area contributed by atoms with Crippen molar-refractivity contribution in [3.05, 3.63) is 83.7 Å². The lowest BCUT2D eigenvalue weighted by Crippen LogP contribution is -2.29. The molecule has 0 radical (unpaired) electrons. The summed E-state index contributed by atoms with van der Waals surface area (Å²) >= 11 is 5.65. The van der Waals surface area contributed by atoms with Gasteiger partial charge in [-0.05, 0) is 55.0 Å². The van der Waals surface area contributed by atoms with Gasteiger partial charge in [0.25, 0.3) is 0 Å². The fourth-order valence-electron chi connectivity index (χ4n) is 3.30. The van der Waals surface area contributed by atoms with Crippen molar-refractivity contribution in [3.8, 4) is 0 Å². The Morgan fingerprint density at radius 3 is 2.72 bits per heavy atom. The second kappa shape index (κ2) is 6.64. The Morgan fingerprint density at radius 1 is 1.12 bits per heavy atom. The van der Waals surface area contributed by atoms with Crippen molar-refractivity contribution < 1.29 is 0 Å². The van der Waals surface area contributed by atoms with E-state index in [1.807, 2.05) is 36.7 Å². The van der Waals surface area contributed by atoms with E-state index in [0.29, 0.717) is 6.54 Å². The molecule has 25 heavy (non-hydrogen) atoms. The maximum Gasteiger partial charge on any atom is 0.170 e. The summed E-state index contributed by atoms with van der Waals surface area (Å²) in [7, 11) is 0. The minimum Gasteiger partial charge on any atom is -0.361 e. The maximum atomic E-state index is 5.65. The summed E-state index contributed by atoms with van der Waals surface area (Å²) in [5.41, 5.74) is 4.37. The molecule has 1 aliphatic heterocycles. The fraction of sp³-hybridized carbons (Fsp3) is 0.211. The number of pyridine rings is 2. The van der Waals surface area contributed by atoms with Gasteiger partial charge in [0.05, 0.1) is 17.8 Å². The predicted molar refractivity (Wildman–Crippen MR) is 101 cm³/mol. The van der Waals surface area contributed by atoms with Gasteiger partial charge in [0, 0.05) is 36.5 Å². The number of rotatable bonds is 4. The number of aromatic amines is 1. The third-order valence-corrected chi connectivity index (χ3v) is 4.80. The summed E-state index contributed by atoms with van der Waals surface area (Å²) in [6.07, 6.45) is 5.49. The van der Waals surface area contributed by atoms with Crippen LogP contribution in [-0.2, 0) is 6.54 Å². The van der Waals surface area contributed by atoms with Gasteiger partial charge in [-0.25, -0.2) is 0 Å². The average Bonchev–Trinajstić information content (AvgIpc) is 3.20. The highest BCUT2D eigenvalue weighted by Crippen LogP contribution is 2.38. The molecular weight excluding hydrogens is 330 g/mol.